The minimum absolute atomic E-state index is 0.00717. The fourth-order valence-corrected chi connectivity index (χ4v) is 2.28. The maximum absolute atomic E-state index is 12.6. The Hall–Kier alpha value is -2.04. The predicted octanol–water partition coefficient (Wildman–Crippen LogP) is 3.00. The third kappa shape index (κ3) is 6.22. The van der Waals surface area contributed by atoms with Gasteiger partial charge in [-0.15, -0.1) is 0 Å². The summed E-state index contributed by atoms with van der Waals surface area (Å²) in [5.41, 5.74) is 0.444. The number of carbonyl (C=O) groups is 2. The van der Waals surface area contributed by atoms with Crippen molar-refractivity contribution in [1.29, 1.82) is 0 Å². The maximum atomic E-state index is 12.6. The van der Waals surface area contributed by atoms with E-state index in [1.54, 1.807) is 18.2 Å². The monoisotopic (exact) mass is 334 g/mol. The van der Waals surface area contributed by atoms with Gasteiger partial charge in [-0.1, -0.05) is 39.8 Å². The van der Waals surface area contributed by atoms with Crippen LogP contribution in [0.2, 0.25) is 0 Å². The number of carbonyl (C=O) groups excluding carboxylic acids is 2. The Labute approximate surface area is 145 Å². The number of hydrogen-bond donors (Lipinski definition) is 2. The second kappa shape index (κ2) is 9.96. The zero-order valence-corrected chi connectivity index (χ0v) is 15.4. The SMILES string of the molecule is CCOc1ccccc1C(=O)N[C@H](C(=O)NCCC(C)C)C(C)C. The lowest BCUT2D eigenvalue weighted by atomic mass is 10.0. The van der Waals surface area contributed by atoms with Gasteiger partial charge >= 0.3 is 0 Å². The lowest BCUT2D eigenvalue weighted by molar-refractivity contribution is -0.123. The highest BCUT2D eigenvalue weighted by Crippen LogP contribution is 2.18. The summed E-state index contributed by atoms with van der Waals surface area (Å²) in [6.07, 6.45) is 0.914. The summed E-state index contributed by atoms with van der Waals surface area (Å²) in [7, 11) is 0. The van der Waals surface area contributed by atoms with E-state index in [-0.39, 0.29) is 17.7 Å². The first kappa shape index (κ1) is 20.0. The molecule has 0 fully saturated rings. The third-order valence-corrected chi connectivity index (χ3v) is 3.69. The molecule has 0 aliphatic heterocycles. The van der Waals surface area contributed by atoms with Crippen LogP contribution in [0.15, 0.2) is 24.3 Å². The Morgan fingerprint density at radius 1 is 1.12 bits per heavy atom. The molecular formula is C19H30N2O3. The molecule has 0 aliphatic carbocycles. The number of nitrogens with one attached hydrogen (secondary N) is 2. The zero-order valence-electron chi connectivity index (χ0n) is 15.4. The molecule has 0 spiro atoms. The summed E-state index contributed by atoms with van der Waals surface area (Å²) < 4.78 is 5.49. The van der Waals surface area contributed by atoms with E-state index in [1.807, 2.05) is 26.8 Å². The van der Waals surface area contributed by atoms with E-state index in [0.717, 1.165) is 6.42 Å². The summed E-state index contributed by atoms with van der Waals surface area (Å²) in [4.78, 5) is 25.0. The van der Waals surface area contributed by atoms with E-state index in [4.69, 9.17) is 4.74 Å². The van der Waals surface area contributed by atoms with Crippen molar-refractivity contribution in [3.8, 4) is 5.75 Å². The fraction of sp³-hybridized carbons (Fsp3) is 0.579. The molecule has 24 heavy (non-hydrogen) atoms. The van der Waals surface area contributed by atoms with Crippen molar-refractivity contribution >= 4 is 11.8 Å². The molecule has 0 radical (unpaired) electrons. The highest BCUT2D eigenvalue weighted by Gasteiger charge is 2.25. The van der Waals surface area contributed by atoms with Gasteiger partial charge in [0.05, 0.1) is 12.2 Å². The Balaban J connectivity index is 2.78. The van der Waals surface area contributed by atoms with Crippen molar-refractivity contribution in [2.24, 2.45) is 11.8 Å². The van der Waals surface area contributed by atoms with E-state index < -0.39 is 6.04 Å². The van der Waals surface area contributed by atoms with E-state index in [0.29, 0.717) is 30.4 Å². The minimum atomic E-state index is -0.570. The minimum Gasteiger partial charge on any atom is -0.493 e. The molecule has 134 valence electrons. The topological polar surface area (TPSA) is 67.4 Å². The molecule has 1 aromatic carbocycles. The van der Waals surface area contributed by atoms with Gasteiger partial charge in [0.1, 0.15) is 11.8 Å². The van der Waals surface area contributed by atoms with Crippen LogP contribution in [0.3, 0.4) is 0 Å². The summed E-state index contributed by atoms with van der Waals surface area (Å²) in [6, 6.07) is 6.49. The lowest BCUT2D eigenvalue weighted by Crippen LogP contribution is -2.50. The number of amides is 2. The molecule has 0 saturated carbocycles. The highest BCUT2D eigenvalue weighted by molar-refractivity contribution is 5.99. The van der Waals surface area contributed by atoms with E-state index in [1.165, 1.54) is 0 Å². The van der Waals surface area contributed by atoms with Crippen molar-refractivity contribution in [2.75, 3.05) is 13.2 Å². The Morgan fingerprint density at radius 3 is 2.38 bits per heavy atom. The second-order valence-corrected chi connectivity index (χ2v) is 6.60. The standard InChI is InChI=1S/C19H30N2O3/c1-6-24-16-10-8-7-9-15(16)18(22)21-17(14(4)5)19(23)20-12-11-13(2)3/h7-10,13-14,17H,6,11-12H2,1-5H3,(H,20,23)(H,21,22)/t17-/m0/s1. The molecule has 0 bridgehead atoms. The van der Waals surface area contributed by atoms with Crippen LogP contribution in [0.25, 0.3) is 0 Å². The van der Waals surface area contributed by atoms with Gasteiger partial charge in [-0.25, -0.2) is 0 Å². The zero-order chi connectivity index (χ0) is 18.1. The molecule has 1 atom stereocenters. The first-order valence-corrected chi connectivity index (χ1v) is 8.67. The van der Waals surface area contributed by atoms with Crippen LogP contribution in [0.5, 0.6) is 5.75 Å². The fourth-order valence-electron chi connectivity index (χ4n) is 2.28. The summed E-state index contributed by atoms with van der Waals surface area (Å²) in [6.45, 7) is 11.0. The van der Waals surface area contributed by atoms with Gasteiger partial charge in [0.15, 0.2) is 0 Å². The quantitative estimate of drug-likeness (QED) is 0.729. The number of benzene rings is 1. The molecule has 0 heterocycles. The van der Waals surface area contributed by atoms with Crippen LogP contribution in [0, 0.1) is 11.8 Å². The van der Waals surface area contributed by atoms with E-state index in [9.17, 15) is 9.59 Å². The summed E-state index contributed by atoms with van der Waals surface area (Å²) in [5.74, 6) is 0.604. The molecule has 0 unspecified atom stereocenters. The highest BCUT2D eigenvalue weighted by atomic mass is 16.5. The molecule has 2 N–H and O–H groups in total. The molecule has 2 amide bonds. The van der Waals surface area contributed by atoms with Gasteiger partial charge in [-0.05, 0) is 37.3 Å². The molecule has 5 nitrogen and oxygen atoms in total. The van der Waals surface area contributed by atoms with Crippen LogP contribution >= 0.6 is 0 Å². The number of ether oxygens (including phenoxy) is 1. The Bertz CT molecular complexity index is 541. The van der Waals surface area contributed by atoms with Gasteiger partial charge in [-0.3, -0.25) is 9.59 Å². The van der Waals surface area contributed by atoms with Crippen molar-refractivity contribution in [2.45, 2.75) is 47.1 Å². The molecule has 0 saturated heterocycles. The van der Waals surface area contributed by atoms with Crippen molar-refractivity contribution < 1.29 is 14.3 Å². The van der Waals surface area contributed by atoms with E-state index in [2.05, 4.69) is 24.5 Å². The van der Waals surface area contributed by atoms with Crippen LogP contribution in [0.4, 0.5) is 0 Å². The van der Waals surface area contributed by atoms with Crippen molar-refractivity contribution in [3.63, 3.8) is 0 Å². The summed E-state index contributed by atoms with van der Waals surface area (Å²) >= 11 is 0. The van der Waals surface area contributed by atoms with Crippen LogP contribution < -0.4 is 15.4 Å². The van der Waals surface area contributed by atoms with Gasteiger partial charge in [0.25, 0.3) is 5.91 Å². The largest absolute Gasteiger partial charge is 0.493 e. The average Bonchev–Trinajstić information content (AvgIpc) is 2.52. The predicted molar refractivity (Wildman–Crippen MR) is 96.2 cm³/mol. The molecule has 5 heteroatoms. The first-order valence-electron chi connectivity index (χ1n) is 8.67. The van der Waals surface area contributed by atoms with Crippen molar-refractivity contribution in [1.82, 2.24) is 10.6 Å². The normalized spacial score (nSPS) is 12.1. The van der Waals surface area contributed by atoms with Gasteiger partial charge in [0.2, 0.25) is 5.91 Å². The second-order valence-electron chi connectivity index (χ2n) is 6.60. The number of rotatable bonds is 9. The Morgan fingerprint density at radius 2 is 1.79 bits per heavy atom. The smallest absolute Gasteiger partial charge is 0.255 e. The maximum Gasteiger partial charge on any atom is 0.255 e. The average molecular weight is 334 g/mol. The lowest BCUT2D eigenvalue weighted by Gasteiger charge is -2.22. The summed E-state index contributed by atoms with van der Waals surface area (Å²) in [5, 5.41) is 5.75. The molecule has 1 rings (SSSR count). The van der Waals surface area contributed by atoms with Gasteiger partial charge in [0, 0.05) is 6.54 Å². The third-order valence-electron chi connectivity index (χ3n) is 3.69. The number of para-hydroxylation sites is 1. The van der Waals surface area contributed by atoms with Gasteiger partial charge < -0.3 is 15.4 Å². The number of hydrogen-bond acceptors (Lipinski definition) is 3. The van der Waals surface area contributed by atoms with Crippen LogP contribution in [-0.2, 0) is 4.79 Å². The molecule has 0 aliphatic rings. The molecule has 0 aromatic heterocycles. The first-order chi connectivity index (χ1) is 11.4. The van der Waals surface area contributed by atoms with Gasteiger partial charge in [-0.2, -0.15) is 0 Å². The van der Waals surface area contributed by atoms with E-state index >= 15 is 0 Å². The van der Waals surface area contributed by atoms with Crippen LogP contribution in [-0.4, -0.2) is 31.0 Å². The molecule has 1 aromatic rings. The molecular weight excluding hydrogens is 304 g/mol. The van der Waals surface area contributed by atoms with Crippen molar-refractivity contribution in [3.05, 3.63) is 29.8 Å². The Kier molecular flexibility index (Phi) is 8.30. The van der Waals surface area contributed by atoms with Crippen LogP contribution in [0.1, 0.15) is 51.4 Å².